The van der Waals surface area contributed by atoms with Crippen molar-refractivity contribution < 1.29 is 40.3 Å². The van der Waals surface area contributed by atoms with E-state index in [2.05, 4.69) is 11.7 Å². The van der Waals surface area contributed by atoms with Gasteiger partial charge in [-0.2, -0.15) is 30.7 Å². The standard InChI is InChI=1S/C23H39F7O2/c1-2-3-4-5-6-7-8-9-10-11-12-13-14-15-16-17-18-20(31)32-19-21(24,25)22(26,27)23(28,29)30/h2-19H2,1H3. The Morgan fingerprint density at radius 2 is 0.938 bits per heavy atom. The van der Waals surface area contributed by atoms with Gasteiger partial charge < -0.3 is 4.74 Å². The van der Waals surface area contributed by atoms with E-state index in [9.17, 15) is 35.5 Å². The minimum Gasteiger partial charge on any atom is -0.459 e. The lowest BCUT2D eigenvalue weighted by atomic mass is 10.0. The summed E-state index contributed by atoms with van der Waals surface area (Å²) in [7, 11) is 0. The molecule has 0 saturated heterocycles. The van der Waals surface area contributed by atoms with Crippen LogP contribution >= 0.6 is 0 Å². The van der Waals surface area contributed by atoms with Crippen molar-refractivity contribution in [1.82, 2.24) is 0 Å². The number of rotatable bonds is 20. The molecule has 0 spiro atoms. The van der Waals surface area contributed by atoms with Crippen molar-refractivity contribution in [2.24, 2.45) is 0 Å². The summed E-state index contributed by atoms with van der Waals surface area (Å²) in [5, 5.41) is 0. The number of alkyl halides is 7. The molecule has 0 aromatic heterocycles. The minimum absolute atomic E-state index is 0.286. The molecule has 0 aliphatic heterocycles. The van der Waals surface area contributed by atoms with Crippen molar-refractivity contribution in [3.05, 3.63) is 0 Å². The van der Waals surface area contributed by atoms with E-state index >= 15 is 0 Å². The van der Waals surface area contributed by atoms with E-state index in [1.807, 2.05) is 0 Å². The SMILES string of the molecule is CCCCCCCCCCCCCCCCCCC(=O)OCC(F)(F)C(F)(F)C(F)(F)F. The summed E-state index contributed by atoms with van der Waals surface area (Å²) in [4.78, 5) is 11.3. The number of ether oxygens (including phenoxy) is 1. The monoisotopic (exact) mass is 480 g/mol. The van der Waals surface area contributed by atoms with Crippen molar-refractivity contribution in [3.8, 4) is 0 Å². The second-order valence-electron chi connectivity index (χ2n) is 8.49. The van der Waals surface area contributed by atoms with Crippen molar-refractivity contribution in [2.45, 2.75) is 134 Å². The average molecular weight is 481 g/mol. The second-order valence-corrected chi connectivity index (χ2v) is 8.49. The molecule has 0 atom stereocenters. The molecule has 0 fully saturated rings. The summed E-state index contributed by atoms with van der Waals surface area (Å²) in [5.41, 5.74) is 0. The lowest BCUT2D eigenvalue weighted by Crippen LogP contribution is -2.54. The number of hydrogen-bond acceptors (Lipinski definition) is 2. The summed E-state index contributed by atoms with van der Waals surface area (Å²) in [6.45, 7) is -0.0812. The van der Waals surface area contributed by atoms with Gasteiger partial charge in [0.25, 0.3) is 0 Å². The fourth-order valence-corrected chi connectivity index (χ4v) is 3.36. The first kappa shape index (κ1) is 31.0. The molecule has 0 aromatic rings. The number of halogens is 7. The normalized spacial score (nSPS) is 12.9. The van der Waals surface area contributed by atoms with Crippen LogP contribution in [0.1, 0.15) is 116 Å². The van der Waals surface area contributed by atoms with Gasteiger partial charge in [-0.15, -0.1) is 0 Å². The zero-order valence-electron chi connectivity index (χ0n) is 19.2. The fourth-order valence-electron chi connectivity index (χ4n) is 3.36. The average Bonchev–Trinajstić information content (AvgIpc) is 2.71. The van der Waals surface area contributed by atoms with Crippen LogP contribution in [-0.2, 0) is 9.53 Å². The van der Waals surface area contributed by atoms with Crippen molar-refractivity contribution >= 4 is 5.97 Å². The van der Waals surface area contributed by atoms with Crippen LogP contribution in [0.15, 0.2) is 0 Å². The van der Waals surface area contributed by atoms with Gasteiger partial charge in [-0.25, -0.2) is 0 Å². The first-order valence-corrected chi connectivity index (χ1v) is 11.9. The van der Waals surface area contributed by atoms with Gasteiger partial charge in [0.2, 0.25) is 0 Å². The van der Waals surface area contributed by atoms with Crippen LogP contribution in [0.25, 0.3) is 0 Å². The quantitative estimate of drug-likeness (QED) is 0.0987. The number of esters is 1. The largest absolute Gasteiger partial charge is 0.460 e. The number of unbranched alkanes of at least 4 members (excludes halogenated alkanes) is 15. The summed E-state index contributed by atoms with van der Waals surface area (Å²) >= 11 is 0. The van der Waals surface area contributed by atoms with Gasteiger partial charge in [-0.3, -0.25) is 4.79 Å². The highest BCUT2D eigenvalue weighted by atomic mass is 19.4. The molecule has 0 aliphatic carbocycles. The molecule has 0 rings (SSSR count). The molecular formula is C23H39F7O2. The minimum atomic E-state index is -6.42. The molecule has 2 nitrogen and oxygen atoms in total. The van der Waals surface area contributed by atoms with Crippen LogP contribution in [0, 0.1) is 0 Å². The van der Waals surface area contributed by atoms with Crippen LogP contribution < -0.4 is 0 Å². The van der Waals surface area contributed by atoms with Crippen molar-refractivity contribution in [2.75, 3.05) is 6.61 Å². The third-order valence-electron chi connectivity index (χ3n) is 5.46. The van der Waals surface area contributed by atoms with E-state index in [1.54, 1.807) is 0 Å². The zero-order valence-corrected chi connectivity index (χ0v) is 19.2. The summed E-state index contributed by atoms with van der Waals surface area (Å²) in [6.07, 6.45) is 11.2. The maximum Gasteiger partial charge on any atom is 0.460 e. The van der Waals surface area contributed by atoms with E-state index in [1.165, 1.54) is 64.2 Å². The highest BCUT2D eigenvalue weighted by Gasteiger charge is 2.73. The maximum absolute atomic E-state index is 13.0. The number of carbonyl (C=O) groups is 1. The van der Waals surface area contributed by atoms with Gasteiger partial charge >= 0.3 is 24.0 Å². The Kier molecular flexibility index (Phi) is 16.0. The summed E-state index contributed by atoms with van der Waals surface area (Å²) in [5.74, 6) is -13.0. The number of hydrogen-bond donors (Lipinski definition) is 0. The van der Waals surface area contributed by atoms with Crippen LogP contribution in [0.5, 0.6) is 0 Å². The third kappa shape index (κ3) is 13.5. The fraction of sp³-hybridized carbons (Fsp3) is 0.957. The first-order chi connectivity index (χ1) is 15.0. The highest BCUT2D eigenvalue weighted by molar-refractivity contribution is 5.69. The van der Waals surface area contributed by atoms with Crippen molar-refractivity contribution in [3.63, 3.8) is 0 Å². The molecule has 0 N–H and O–H groups in total. The molecule has 32 heavy (non-hydrogen) atoms. The van der Waals surface area contributed by atoms with Gasteiger partial charge in [0.15, 0.2) is 6.61 Å². The molecule has 9 heteroatoms. The Bertz CT molecular complexity index is 479. The lowest BCUT2D eigenvalue weighted by Gasteiger charge is -2.27. The molecule has 0 bridgehead atoms. The number of carbonyl (C=O) groups excluding carboxylic acids is 1. The predicted molar refractivity (Wildman–Crippen MR) is 111 cm³/mol. The van der Waals surface area contributed by atoms with Gasteiger partial charge in [-0.1, -0.05) is 103 Å². The molecule has 0 aliphatic rings. The molecule has 192 valence electrons. The summed E-state index contributed by atoms with van der Waals surface area (Å²) < 4.78 is 91.4. The molecule has 0 radical (unpaired) electrons. The lowest BCUT2D eigenvalue weighted by molar-refractivity contribution is -0.359. The smallest absolute Gasteiger partial charge is 0.459 e. The van der Waals surface area contributed by atoms with Crippen LogP contribution in [0.2, 0.25) is 0 Å². The van der Waals surface area contributed by atoms with E-state index in [0.29, 0.717) is 12.8 Å². The van der Waals surface area contributed by atoms with Gasteiger partial charge in [-0.05, 0) is 6.42 Å². The van der Waals surface area contributed by atoms with Crippen LogP contribution in [0.3, 0.4) is 0 Å². The molecular weight excluding hydrogens is 441 g/mol. The van der Waals surface area contributed by atoms with E-state index in [-0.39, 0.29) is 6.42 Å². The maximum atomic E-state index is 13.0. The van der Waals surface area contributed by atoms with Crippen LogP contribution in [-0.4, -0.2) is 30.6 Å². The van der Waals surface area contributed by atoms with E-state index in [4.69, 9.17) is 0 Å². The Morgan fingerprint density at radius 3 is 1.28 bits per heavy atom. The van der Waals surface area contributed by atoms with Gasteiger partial charge in [0.05, 0.1) is 0 Å². The van der Waals surface area contributed by atoms with Crippen molar-refractivity contribution in [1.29, 1.82) is 0 Å². The van der Waals surface area contributed by atoms with E-state index in [0.717, 1.165) is 25.7 Å². The van der Waals surface area contributed by atoms with Crippen LogP contribution in [0.4, 0.5) is 30.7 Å². The zero-order chi connectivity index (χ0) is 24.5. The molecule has 0 amide bonds. The predicted octanol–water partition coefficient (Wildman–Crippen LogP) is 9.01. The second kappa shape index (κ2) is 16.6. The molecule has 0 saturated carbocycles. The third-order valence-corrected chi connectivity index (χ3v) is 5.46. The van der Waals surface area contributed by atoms with E-state index < -0.39 is 30.6 Å². The first-order valence-electron chi connectivity index (χ1n) is 11.9. The molecule has 0 aromatic carbocycles. The molecule has 0 heterocycles. The highest BCUT2D eigenvalue weighted by Crippen LogP contribution is 2.46. The summed E-state index contributed by atoms with van der Waals surface area (Å²) in [6, 6.07) is 0. The van der Waals surface area contributed by atoms with Gasteiger partial charge in [0.1, 0.15) is 0 Å². The topological polar surface area (TPSA) is 26.3 Å². The molecule has 0 unspecified atom stereocenters. The van der Waals surface area contributed by atoms with Gasteiger partial charge in [0, 0.05) is 6.42 Å². The Morgan fingerprint density at radius 1 is 0.594 bits per heavy atom. The Balaban J connectivity index is 3.57. The Labute approximate surface area is 187 Å². The Hall–Kier alpha value is -1.02.